The summed E-state index contributed by atoms with van der Waals surface area (Å²) in [4.78, 5) is 24.3. The average molecular weight is 367 g/mol. The zero-order chi connectivity index (χ0) is 19.1. The number of carbonyl (C=O) groups is 2. The van der Waals surface area contributed by atoms with E-state index in [1.54, 1.807) is 24.3 Å². The summed E-state index contributed by atoms with van der Waals surface area (Å²) < 4.78 is 10.9. The van der Waals surface area contributed by atoms with E-state index in [1.165, 1.54) is 6.42 Å². The number of nitrogens with one attached hydrogen (secondary N) is 1. The molecule has 0 heterocycles. The standard InChI is InChI=1S/C22H25NO4/c1-16-8-5-6-13-20(16)23-21(24)15-26-22(25)17-9-7-12-19(14-17)27-18-10-3-2-4-11-18/h2-4,7,9-12,14,16,20H,5-6,8,13,15H2,1H3,(H,23,24)/t16-,20-/m0/s1. The van der Waals surface area contributed by atoms with Gasteiger partial charge in [0.1, 0.15) is 11.5 Å². The summed E-state index contributed by atoms with van der Waals surface area (Å²) in [7, 11) is 0. The molecule has 2 atom stereocenters. The van der Waals surface area contributed by atoms with E-state index in [0.29, 0.717) is 23.0 Å². The molecule has 2 aromatic carbocycles. The minimum Gasteiger partial charge on any atom is -0.457 e. The lowest BCUT2D eigenvalue weighted by atomic mass is 9.86. The molecule has 1 amide bonds. The van der Waals surface area contributed by atoms with Gasteiger partial charge < -0.3 is 14.8 Å². The lowest BCUT2D eigenvalue weighted by Crippen LogP contribution is -2.42. The van der Waals surface area contributed by atoms with Gasteiger partial charge in [-0.15, -0.1) is 0 Å². The summed E-state index contributed by atoms with van der Waals surface area (Å²) in [5, 5.41) is 2.98. The van der Waals surface area contributed by atoms with Crippen LogP contribution in [0, 0.1) is 5.92 Å². The number of rotatable bonds is 6. The SMILES string of the molecule is C[C@H]1CCCC[C@@H]1NC(=O)COC(=O)c1cccc(Oc2ccccc2)c1. The molecular formula is C22H25NO4. The number of para-hydroxylation sites is 1. The summed E-state index contributed by atoms with van der Waals surface area (Å²) in [5.41, 5.74) is 0.349. The highest BCUT2D eigenvalue weighted by Gasteiger charge is 2.23. The van der Waals surface area contributed by atoms with Crippen LogP contribution < -0.4 is 10.1 Å². The fourth-order valence-electron chi connectivity index (χ4n) is 3.30. The third-order valence-corrected chi connectivity index (χ3v) is 4.84. The van der Waals surface area contributed by atoms with Crippen molar-refractivity contribution in [3.05, 3.63) is 60.2 Å². The number of esters is 1. The molecule has 2 aromatic rings. The average Bonchev–Trinajstić information content (AvgIpc) is 2.69. The number of hydrogen-bond acceptors (Lipinski definition) is 4. The van der Waals surface area contributed by atoms with Crippen LogP contribution in [0.3, 0.4) is 0 Å². The molecule has 0 radical (unpaired) electrons. The van der Waals surface area contributed by atoms with Crippen molar-refractivity contribution in [1.82, 2.24) is 5.32 Å². The van der Waals surface area contributed by atoms with E-state index in [-0.39, 0.29) is 18.6 Å². The van der Waals surface area contributed by atoms with Gasteiger partial charge in [0.15, 0.2) is 6.61 Å². The highest BCUT2D eigenvalue weighted by molar-refractivity contribution is 5.91. The smallest absolute Gasteiger partial charge is 0.338 e. The van der Waals surface area contributed by atoms with Crippen LogP contribution in [-0.4, -0.2) is 24.5 Å². The van der Waals surface area contributed by atoms with Crippen molar-refractivity contribution in [2.24, 2.45) is 5.92 Å². The first-order chi connectivity index (χ1) is 13.1. The van der Waals surface area contributed by atoms with Gasteiger partial charge in [0.25, 0.3) is 5.91 Å². The van der Waals surface area contributed by atoms with Crippen LogP contribution in [0.2, 0.25) is 0 Å². The first-order valence-corrected chi connectivity index (χ1v) is 9.41. The summed E-state index contributed by atoms with van der Waals surface area (Å²) >= 11 is 0. The lowest BCUT2D eigenvalue weighted by Gasteiger charge is -2.29. The molecule has 1 N–H and O–H groups in total. The Bertz CT molecular complexity index is 775. The highest BCUT2D eigenvalue weighted by atomic mass is 16.5. The predicted molar refractivity (Wildman–Crippen MR) is 103 cm³/mol. The zero-order valence-electron chi connectivity index (χ0n) is 15.5. The van der Waals surface area contributed by atoms with E-state index in [9.17, 15) is 9.59 Å². The molecule has 5 heteroatoms. The molecule has 142 valence electrons. The second kappa shape index (κ2) is 9.21. The molecule has 0 aliphatic heterocycles. The number of benzene rings is 2. The van der Waals surface area contributed by atoms with Gasteiger partial charge in [0.05, 0.1) is 5.56 Å². The largest absolute Gasteiger partial charge is 0.457 e. The molecule has 0 spiro atoms. The van der Waals surface area contributed by atoms with Crippen molar-refractivity contribution in [2.45, 2.75) is 38.6 Å². The van der Waals surface area contributed by atoms with Crippen LogP contribution in [0.4, 0.5) is 0 Å². The molecule has 5 nitrogen and oxygen atoms in total. The zero-order valence-corrected chi connectivity index (χ0v) is 15.5. The maximum absolute atomic E-state index is 12.3. The van der Waals surface area contributed by atoms with E-state index in [1.807, 2.05) is 30.3 Å². The van der Waals surface area contributed by atoms with Crippen molar-refractivity contribution in [3.8, 4) is 11.5 Å². The summed E-state index contributed by atoms with van der Waals surface area (Å²) in [6.45, 7) is 1.88. The van der Waals surface area contributed by atoms with Gasteiger partial charge in [-0.05, 0) is 49.1 Å². The Balaban J connectivity index is 1.52. The van der Waals surface area contributed by atoms with E-state index in [0.717, 1.165) is 19.3 Å². The van der Waals surface area contributed by atoms with E-state index >= 15 is 0 Å². The van der Waals surface area contributed by atoms with Gasteiger partial charge in [-0.2, -0.15) is 0 Å². The second-order valence-electron chi connectivity index (χ2n) is 6.95. The minimum absolute atomic E-state index is 0.174. The Morgan fingerprint density at radius 1 is 1.00 bits per heavy atom. The molecule has 1 aliphatic rings. The second-order valence-corrected chi connectivity index (χ2v) is 6.95. The number of carbonyl (C=O) groups excluding carboxylic acids is 2. The minimum atomic E-state index is -0.541. The fourth-order valence-corrected chi connectivity index (χ4v) is 3.30. The van der Waals surface area contributed by atoms with E-state index in [2.05, 4.69) is 12.2 Å². The van der Waals surface area contributed by atoms with Gasteiger partial charge in [-0.1, -0.05) is 44.0 Å². The van der Waals surface area contributed by atoms with E-state index in [4.69, 9.17) is 9.47 Å². The predicted octanol–water partition coefficient (Wildman–Crippen LogP) is 4.33. The van der Waals surface area contributed by atoms with Crippen molar-refractivity contribution in [3.63, 3.8) is 0 Å². The van der Waals surface area contributed by atoms with Crippen molar-refractivity contribution in [2.75, 3.05) is 6.61 Å². The Hall–Kier alpha value is -2.82. The molecule has 0 saturated heterocycles. The Morgan fingerprint density at radius 3 is 2.52 bits per heavy atom. The molecule has 1 fully saturated rings. The maximum atomic E-state index is 12.3. The number of hydrogen-bond donors (Lipinski definition) is 1. The van der Waals surface area contributed by atoms with Crippen molar-refractivity contribution >= 4 is 11.9 Å². The normalized spacial score (nSPS) is 19.1. The van der Waals surface area contributed by atoms with Gasteiger partial charge in [-0.3, -0.25) is 4.79 Å². The third-order valence-electron chi connectivity index (χ3n) is 4.84. The molecule has 0 aromatic heterocycles. The molecule has 1 aliphatic carbocycles. The van der Waals surface area contributed by atoms with Crippen LogP contribution in [0.5, 0.6) is 11.5 Å². The number of ether oxygens (including phenoxy) is 2. The van der Waals surface area contributed by atoms with Gasteiger partial charge in [-0.25, -0.2) is 4.79 Å². The van der Waals surface area contributed by atoms with Crippen LogP contribution in [-0.2, 0) is 9.53 Å². The highest BCUT2D eigenvalue weighted by Crippen LogP contribution is 2.24. The summed E-state index contributed by atoms with van der Waals surface area (Å²) in [6.07, 6.45) is 4.45. The van der Waals surface area contributed by atoms with Crippen LogP contribution in [0.15, 0.2) is 54.6 Å². The molecular weight excluding hydrogens is 342 g/mol. The number of amides is 1. The Kier molecular flexibility index (Phi) is 6.47. The molecule has 0 unspecified atom stereocenters. The summed E-state index contributed by atoms with van der Waals surface area (Å²) in [6, 6.07) is 16.2. The van der Waals surface area contributed by atoms with E-state index < -0.39 is 5.97 Å². The molecule has 0 bridgehead atoms. The third kappa shape index (κ3) is 5.58. The Labute approximate surface area is 159 Å². The summed E-state index contributed by atoms with van der Waals surface area (Å²) in [5.74, 6) is 0.893. The van der Waals surface area contributed by atoms with Gasteiger partial charge in [0.2, 0.25) is 0 Å². The topological polar surface area (TPSA) is 64.6 Å². The van der Waals surface area contributed by atoms with Crippen LogP contribution >= 0.6 is 0 Å². The quantitative estimate of drug-likeness (QED) is 0.772. The van der Waals surface area contributed by atoms with Crippen LogP contribution in [0.1, 0.15) is 43.0 Å². The molecule has 27 heavy (non-hydrogen) atoms. The van der Waals surface area contributed by atoms with Gasteiger partial charge >= 0.3 is 5.97 Å². The van der Waals surface area contributed by atoms with Crippen molar-refractivity contribution < 1.29 is 19.1 Å². The monoisotopic (exact) mass is 367 g/mol. The lowest BCUT2D eigenvalue weighted by molar-refractivity contribution is -0.125. The first kappa shape index (κ1) is 19.0. The molecule has 1 saturated carbocycles. The van der Waals surface area contributed by atoms with Gasteiger partial charge in [0, 0.05) is 6.04 Å². The Morgan fingerprint density at radius 2 is 1.74 bits per heavy atom. The fraction of sp³-hybridized carbons (Fsp3) is 0.364. The maximum Gasteiger partial charge on any atom is 0.338 e. The van der Waals surface area contributed by atoms with Crippen LogP contribution in [0.25, 0.3) is 0 Å². The molecule has 3 rings (SSSR count). The van der Waals surface area contributed by atoms with Crippen molar-refractivity contribution in [1.29, 1.82) is 0 Å². The first-order valence-electron chi connectivity index (χ1n) is 9.41.